The third-order valence-electron chi connectivity index (χ3n) is 5.24. The van der Waals surface area contributed by atoms with Crippen molar-refractivity contribution in [3.05, 3.63) is 35.4 Å². The van der Waals surface area contributed by atoms with Crippen molar-refractivity contribution in [1.82, 2.24) is 15.1 Å². The zero-order chi connectivity index (χ0) is 19.8. The summed E-state index contributed by atoms with van der Waals surface area (Å²) < 4.78 is 0. The van der Waals surface area contributed by atoms with Crippen LogP contribution in [0.2, 0.25) is 0 Å². The highest BCUT2D eigenvalue weighted by molar-refractivity contribution is 6.09. The average Bonchev–Trinajstić information content (AvgIpc) is 3.07. The Labute approximate surface area is 160 Å². The molecule has 6 nitrogen and oxygen atoms in total. The molecule has 1 saturated heterocycles. The number of aryl methyl sites for hydroxylation is 1. The van der Waals surface area contributed by atoms with Crippen molar-refractivity contribution in [2.24, 2.45) is 11.8 Å². The Morgan fingerprint density at radius 1 is 1.15 bits per heavy atom. The number of urea groups is 1. The van der Waals surface area contributed by atoms with Gasteiger partial charge in [0.25, 0.3) is 5.91 Å². The number of hydrogen-bond donors (Lipinski definition) is 1. The van der Waals surface area contributed by atoms with Gasteiger partial charge < -0.3 is 10.2 Å². The molecule has 0 bridgehead atoms. The maximum Gasteiger partial charge on any atom is 0.325 e. The first-order valence-corrected chi connectivity index (χ1v) is 9.75. The van der Waals surface area contributed by atoms with Crippen LogP contribution in [0.3, 0.4) is 0 Å². The molecule has 0 saturated carbocycles. The molecule has 1 N–H and O–H groups in total. The highest BCUT2D eigenvalue weighted by Crippen LogP contribution is 2.41. The van der Waals surface area contributed by atoms with E-state index in [4.69, 9.17) is 0 Å². The Morgan fingerprint density at radius 2 is 1.78 bits per heavy atom. The lowest BCUT2D eigenvalue weighted by atomic mass is 9.92. The second-order valence-corrected chi connectivity index (χ2v) is 8.47. The lowest BCUT2D eigenvalue weighted by Gasteiger charge is -2.28. The molecule has 1 fully saturated rings. The zero-order valence-electron chi connectivity index (χ0n) is 16.6. The monoisotopic (exact) mass is 371 g/mol. The van der Waals surface area contributed by atoms with Gasteiger partial charge in [-0.15, -0.1) is 0 Å². The summed E-state index contributed by atoms with van der Waals surface area (Å²) in [7, 11) is 0. The lowest BCUT2D eigenvalue weighted by molar-refractivity contribution is -0.139. The van der Waals surface area contributed by atoms with Gasteiger partial charge in [0, 0.05) is 13.1 Å². The van der Waals surface area contributed by atoms with E-state index in [9.17, 15) is 14.4 Å². The van der Waals surface area contributed by atoms with Crippen LogP contribution in [0.4, 0.5) is 4.79 Å². The molecule has 1 heterocycles. The van der Waals surface area contributed by atoms with E-state index in [2.05, 4.69) is 33.0 Å². The van der Waals surface area contributed by atoms with Gasteiger partial charge in [-0.05, 0) is 35.8 Å². The number of rotatable bonds is 6. The Morgan fingerprint density at radius 3 is 2.41 bits per heavy atom. The maximum atomic E-state index is 13.2. The number of amides is 4. The molecule has 2 aliphatic rings. The number of fused-ring (bicyclic) bond motifs is 2. The predicted octanol–water partition coefficient (Wildman–Crippen LogP) is 2.52. The minimum Gasteiger partial charge on any atom is -0.341 e. The van der Waals surface area contributed by atoms with Gasteiger partial charge in [-0.3, -0.25) is 14.5 Å². The molecule has 1 aromatic rings. The number of carbonyl (C=O) groups is 3. The van der Waals surface area contributed by atoms with Gasteiger partial charge in [-0.1, -0.05) is 52.0 Å². The zero-order valence-corrected chi connectivity index (χ0v) is 16.6. The second kappa shape index (κ2) is 7.33. The van der Waals surface area contributed by atoms with E-state index in [1.807, 2.05) is 24.3 Å². The summed E-state index contributed by atoms with van der Waals surface area (Å²) in [6.45, 7) is 9.26. The Balaban J connectivity index is 1.79. The van der Waals surface area contributed by atoms with Crippen molar-refractivity contribution in [2.45, 2.75) is 46.1 Å². The molecule has 1 atom stereocenters. The van der Waals surface area contributed by atoms with E-state index in [-0.39, 0.29) is 18.4 Å². The summed E-state index contributed by atoms with van der Waals surface area (Å²) in [4.78, 5) is 41.5. The highest BCUT2D eigenvalue weighted by Gasteiger charge is 2.55. The van der Waals surface area contributed by atoms with Crippen LogP contribution in [0.25, 0.3) is 0 Å². The van der Waals surface area contributed by atoms with Gasteiger partial charge in [-0.2, -0.15) is 0 Å². The number of nitrogens with one attached hydrogen (secondary N) is 1. The molecule has 4 amide bonds. The third kappa shape index (κ3) is 3.57. The predicted molar refractivity (Wildman–Crippen MR) is 103 cm³/mol. The van der Waals surface area contributed by atoms with Crippen LogP contribution in [0, 0.1) is 11.8 Å². The van der Waals surface area contributed by atoms with Crippen LogP contribution in [-0.2, 0) is 21.5 Å². The summed E-state index contributed by atoms with van der Waals surface area (Å²) >= 11 is 0. The standard InChI is InChI=1S/C21H29N3O3/c1-14(2)11-23(12-15(3)4)18(25)13-24-19(26)21(22-20(24)27)10-9-16-7-5-6-8-17(16)21/h5-8,14-15H,9-13H2,1-4H3,(H,22,27). The van der Waals surface area contributed by atoms with E-state index in [0.29, 0.717) is 31.3 Å². The summed E-state index contributed by atoms with van der Waals surface area (Å²) in [6.07, 6.45) is 1.29. The Hall–Kier alpha value is -2.37. The summed E-state index contributed by atoms with van der Waals surface area (Å²) in [6, 6.07) is 7.24. The molecule has 1 unspecified atom stereocenters. The quantitative estimate of drug-likeness (QED) is 0.781. The van der Waals surface area contributed by atoms with Gasteiger partial charge in [0.2, 0.25) is 5.91 Å². The smallest absolute Gasteiger partial charge is 0.325 e. The number of benzene rings is 1. The van der Waals surface area contributed by atoms with Crippen LogP contribution in [0.5, 0.6) is 0 Å². The molecular weight excluding hydrogens is 342 g/mol. The molecule has 1 aliphatic carbocycles. The molecule has 146 valence electrons. The van der Waals surface area contributed by atoms with Crippen LogP contribution >= 0.6 is 0 Å². The van der Waals surface area contributed by atoms with Crippen molar-refractivity contribution in [3.8, 4) is 0 Å². The topological polar surface area (TPSA) is 69.7 Å². The Bertz CT molecular complexity index is 749. The molecule has 0 radical (unpaired) electrons. The highest BCUT2D eigenvalue weighted by atomic mass is 16.2. The second-order valence-electron chi connectivity index (χ2n) is 8.47. The first-order valence-electron chi connectivity index (χ1n) is 9.75. The molecule has 6 heteroatoms. The number of carbonyl (C=O) groups excluding carboxylic acids is 3. The molecule has 1 aromatic carbocycles. The normalized spacial score (nSPS) is 21.3. The van der Waals surface area contributed by atoms with Crippen LogP contribution in [0.1, 0.15) is 45.2 Å². The van der Waals surface area contributed by atoms with Crippen molar-refractivity contribution in [1.29, 1.82) is 0 Å². The van der Waals surface area contributed by atoms with Crippen LogP contribution in [0.15, 0.2) is 24.3 Å². The van der Waals surface area contributed by atoms with Crippen molar-refractivity contribution in [3.63, 3.8) is 0 Å². The summed E-state index contributed by atoms with van der Waals surface area (Å²) in [5.74, 6) is 0.164. The van der Waals surface area contributed by atoms with Crippen molar-refractivity contribution >= 4 is 17.8 Å². The van der Waals surface area contributed by atoms with E-state index in [1.54, 1.807) is 4.90 Å². The fourth-order valence-electron chi connectivity index (χ4n) is 4.13. The first-order chi connectivity index (χ1) is 12.7. The SMILES string of the molecule is CC(C)CN(CC(C)C)C(=O)CN1C(=O)NC2(CCc3ccccc32)C1=O. The number of imide groups is 1. The van der Waals surface area contributed by atoms with Gasteiger partial charge >= 0.3 is 6.03 Å². The lowest BCUT2D eigenvalue weighted by Crippen LogP contribution is -2.46. The first kappa shape index (κ1) is 19.4. The molecule has 0 aromatic heterocycles. The van der Waals surface area contributed by atoms with Gasteiger partial charge in [0.1, 0.15) is 12.1 Å². The number of hydrogen-bond acceptors (Lipinski definition) is 3. The Kier molecular flexibility index (Phi) is 5.27. The third-order valence-corrected chi connectivity index (χ3v) is 5.24. The van der Waals surface area contributed by atoms with Crippen LogP contribution < -0.4 is 5.32 Å². The van der Waals surface area contributed by atoms with Gasteiger partial charge in [0.15, 0.2) is 0 Å². The van der Waals surface area contributed by atoms with E-state index < -0.39 is 11.6 Å². The van der Waals surface area contributed by atoms with Gasteiger partial charge in [-0.25, -0.2) is 4.79 Å². The molecule has 3 rings (SSSR count). The van der Waals surface area contributed by atoms with Crippen molar-refractivity contribution < 1.29 is 14.4 Å². The minimum absolute atomic E-state index is 0.177. The minimum atomic E-state index is -1.01. The summed E-state index contributed by atoms with van der Waals surface area (Å²) in [5.41, 5.74) is 0.939. The summed E-state index contributed by atoms with van der Waals surface area (Å²) in [5, 5.41) is 2.88. The fraction of sp³-hybridized carbons (Fsp3) is 0.571. The maximum absolute atomic E-state index is 13.2. The van der Waals surface area contributed by atoms with Crippen LogP contribution in [-0.4, -0.2) is 47.3 Å². The van der Waals surface area contributed by atoms with E-state index >= 15 is 0 Å². The molecule has 27 heavy (non-hydrogen) atoms. The molecule has 1 aliphatic heterocycles. The average molecular weight is 371 g/mol. The fourth-order valence-corrected chi connectivity index (χ4v) is 4.13. The number of nitrogens with zero attached hydrogens (tertiary/aromatic N) is 2. The largest absolute Gasteiger partial charge is 0.341 e. The molecular formula is C21H29N3O3. The van der Waals surface area contributed by atoms with E-state index in [0.717, 1.165) is 22.4 Å². The van der Waals surface area contributed by atoms with Gasteiger partial charge in [0.05, 0.1) is 0 Å². The van der Waals surface area contributed by atoms with E-state index in [1.165, 1.54) is 0 Å². The van der Waals surface area contributed by atoms with Crippen molar-refractivity contribution in [2.75, 3.05) is 19.6 Å². The molecule has 1 spiro atoms.